The highest BCUT2D eigenvalue weighted by molar-refractivity contribution is 7.17. The fraction of sp³-hybridized carbons (Fsp3) is 0.150. The molecule has 0 saturated heterocycles. The van der Waals surface area contributed by atoms with E-state index in [9.17, 15) is 4.79 Å². The highest BCUT2D eigenvalue weighted by Crippen LogP contribution is 2.26. The normalized spacial score (nSPS) is 11.4. The second-order valence-electron chi connectivity index (χ2n) is 5.58. The maximum absolute atomic E-state index is 12.4. The summed E-state index contributed by atoms with van der Waals surface area (Å²) in [5, 5.41) is 2.95. The van der Waals surface area contributed by atoms with Crippen molar-refractivity contribution in [2.24, 2.45) is 0 Å². The van der Waals surface area contributed by atoms with E-state index in [1.807, 2.05) is 73.8 Å². The van der Waals surface area contributed by atoms with Gasteiger partial charge in [-0.25, -0.2) is 0 Å². The third-order valence-corrected chi connectivity index (χ3v) is 4.39. The molecule has 1 heterocycles. The van der Waals surface area contributed by atoms with E-state index in [-0.39, 0.29) is 11.9 Å². The van der Waals surface area contributed by atoms with Crippen molar-refractivity contribution in [3.8, 4) is 5.75 Å². The number of fused-ring (bicyclic) bond motifs is 1. The first-order valence-corrected chi connectivity index (χ1v) is 8.47. The SMILES string of the molecule is CC(C)Oc1ccc(/C=C/C(=O)c2csc3ccccc23)cc1. The third kappa shape index (κ3) is 3.69. The zero-order chi connectivity index (χ0) is 16.2. The summed E-state index contributed by atoms with van der Waals surface area (Å²) in [5.41, 5.74) is 1.75. The van der Waals surface area contributed by atoms with Gasteiger partial charge in [-0.15, -0.1) is 11.3 Å². The standard InChI is InChI=1S/C20H18O2S/c1-14(2)22-16-10-7-15(8-11-16)9-12-19(21)18-13-23-20-6-4-3-5-17(18)20/h3-14H,1-2H3/b12-9+. The van der Waals surface area contributed by atoms with E-state index < -0.39 is 0 Å². The van der Waals surface area contributed by atoms with Gasteiger partial charge < -0.3 is 4.74 Å². The first-order valence-electron chi connectivity index (χ1n) is 7.59. The Hall–Kier alpha value is -2.39. The molecular weight excluding hydrogens is 304 g/mol. The molecule has 0 aliphatic rings. The number of benzene rings is 2. The molecule has 23 heavy (non-hydrogen) atoms. The minimum atomic E-state index is 0.0324. The molecule has 2 nitrogen and oxygen atoms in total. The van der Waals surface area contributed by atoms with E-state index in [1.165, 1.54) is 0 Å². The lowest BCUT2D eigenvalue weighted by atomic mass is 10.1. The second kappa shape index (κ2) is 6.80. The van der Waals surface area contributed by atoms with Gasteiger partial charge in [0, 0.05) is 21.0 Å². The Morgan fingerprint density at radius 2 is 1.83 bits per heavy atom. The summed E-state index contributed by atoms with van der Waals surface area (Å²) in [6.45, 7) is 4.00. The van der Waals surface area contributed by atoms with Crippen LogP contribution in [-0.4, -0.2) is 11.9 Å². The Labute approximate surface area is 140 Å². The molecule has 0 bridgehead atoms. The summed E-state index contributed by atoms with van der Waals surface area (Å²) in [7, 11) is 0. The Balaban J connectivity index is 1.75. The average molecular weight is 322 g/mol. The molecule has 0 spiro atoms. The number of thiophene rings is 1. The molecule has 2 aromatic carbocycles. The summed E-state index contributed by atoms with van der Waals surface area (Å²) in [6.07, 6.45) is 3.63. The molecule has 0 fully saturated rings. The van der Waals surface area contributed by atoms with Crippen LogP contribution >= 0.6 is 11.3 Å². The summed E-state index contributed by atoms with van der Waals surface area (Å²) in [6, 6.07) is 15.7. The first-order chi connectivity index (χ1) is 11.1. The van der Waals surface area contributed by atoms with Gasteiger partial charge in [-0.3, -0.25) is 4.79 Å². The predicted octanol–water partition coefficient (Wildman–Crippen LogP) is 5.58. The molecule has 0 atom stereocenters. The van der Waals surface area contributed by atoms with Gasteiger partial charge in [0.15, 0.2) is 5.78 Å². The average Bonchev–Trinajstić information content (AvgIpc) is 2.97. The third-order valence-electron chi connectivity index (χ3n) is 3.43. The first kappa shape index (κ1) is 15.5. The Morgan fingerprint density at radius 3 is 2.57 bits per heavy atom. The van der Waals surface area contributed by atoms with E-state index in [4.69, 9.17) is 4.74 Å². The highest BCUT2D eigenvalue weighted by atomic mass is 32.1. The van der Waals surface area contributed by atoms with Gasteiger partial charge in [0.05, 0.1) is 6.10 Å². The smallest absolute Gasteiger partial charge is 0.187 e. The lowest BCUT2D eigenvalue weighted by Gasteiger charge is -2.09. The highest BCUT2D eigenvalue weighted by Gasteiger charge is 2.08. The van der Waals surface area contributed by atoms with Crippen LogP contribution in [0, 0.1) is 0 Å². The molecule has 0 N–H and O–H groups in total. The Morgan fingerprint density at radius 1 is 1.09 bits per heavy atom. The fourth-order valence-corrected chi connectivity index (χ4v) is 3.31. The van der Waals surface area contributed by atoms with Crippen molar-refractivity contribution in [2.75, 3.05) is 0 Å². The number of carbonyl (C=O) groups is 1. The van der Waals surface area contributed by atoms with Crippen LogP contribution in [0.15, 0.2) is 60.0 Å². The Kier molecular flexibility index (Phi) is 4.58. The summed E-state index contributed by atoms with van der Waals surface area (Å²) in [4.78, 5) is 12.4. The van der Waals surface area contributed by atoms with E-state index in [0.717, 1.165) is 27.0 Å². The van der Waals surface area contributed by atoms with Gasteiger partial charge in [0.25, 0.3) is 0 Å². The van der Waals surface area contributed by atoms with E-state index in [1.54, 1.807) is 17.4 Å². The van der Waals surface area contributed by atoms with Crippen molar-refractivity contribution >= 4 is 33.3 Å². The summed E-state index contributed by atoms with van der Waals surface area (Å²) in [5.74, 6) is 0.872. The molecule has 3 aromatic rings. The van der Waals surface area contributed by atoms with Crippen molar-refractivity contribution in [1.29, 1.82) is 0 Å². The van der Waals surface area contributed by atoms with Crippen LogP contribution < -0.4 is 4.74 Å². The summed E-state index contributed by atoms with van der Waals surface area (Å²) >= 11 is 1.60. The van der Waals surface area contributed by atoms with Gasteiger partial charge in [0.1, 0.15) is 5.75 Å². The van der Waals surface area contributed by atoms with E-state index in [0.29, 0.717) is 0 Å². The number of allylic oxidation sites excluding steroid dienone is 1. The lowest BCUT2D eigenvalue weighted by Crippen LogP contribution is -2.05. The van der Waals surface area contributed by atoms with Gasteiger partial charge >= 0.3 is 0 Å². The molecule has 0 unspecified atom stereocenters. The number of hydrogen-bond acceptors (Lipinski definition) is 3. The van der Waals surface area contributed by atoms with Crippen LogP contribution in [0.3, 0.4) is 0 Å². The minimum Gasteiger partial charge on any atom is -0.491 e. The quantitative estimate of drug-likeness (QED) is 0.452. The van der Waals surface area contributed by atoms with Crippen LogP contribution in [0.25, 0.3) is 16.2 Å². The maximum atomic E-state index is 12.4. The number of rotatable bonds is 5. The van der Waals surface area contributed by atoms with Gasteiger partial charge in [-0.2, -0.15) is 0 Å². The molecule has 0 saturated carbocycles. The number of ketones is 1. The Bertz CT molecular complexity index is 841. The molecule has 1 aromatic heterocycles. The maximum Gasteiger partial charge on any atom is 0.187 e. The molecule has 0 aliphatic carbocycles. The van der Waals surface area contributed by atoms with Crippen molar-refractivity contribution in [1.82, 2.24) is 0 Å². The minimum absolute atomic E-state index is 0.0324. The topological polar surface area (TPSA) is 26.3 Å². The van der Waals surface area contributed by atoms with Crippen LogP contribution in [0.1, 0.15) is 29.8 Å². The van der Waals surface area contributed by atoms with Gasteiger partial charge in [-0.1, -0.05) is 36.4 Å². The lowest BCUT2D eigenvalue weighted by molar-refractivity contribution is 0.104. The van der Waals surface area contributed by atoms with Gasteiger partial charge in [-0.05, 0) is 43.7 Å². The monoisotopic (exact) mass is 322 g/mol. The second-order valence-corrected chi connectivity index (χ2v) is 6.49. The van der Waals surface area contributed by atoms with Crippen LogP contribution in [-0.2, 0) is 0 Å². The molecule has 3 heteroatoms. The number of carbonyl (C=O) groups excluding carboxylic acids is 1. The number of ether oxygens (including phenoxy) is 1. The van der Waals surface area contributed by atoms with Gasteiger partial charge in [0.2, 0.25) is 0 Å². The molecule has 0 aliphatic heterocycles. The van der Waals surface area contributed by atoms with Crippen LogP contribution in [0.2, 0.25) is 0 Å². The number of hydrogen-bond donors (Lipinski definition) is 0. The molecule has 0 amide bonds. The largest absolute Gasteiger partial charge is 0.491 e. The predicted molar refractivity (Wildman–Crippen MR) is 97.4 cm³/mol. The van der Waals surface area contributed by atoms with Crippen molar-refractivity contribution in [3.05, 3.63) is 71.1 Å². The fourth-order valence-electron chi connectivity index (χ4n) is 2.36. The zero-order valence-electron chi connectivity index (χ0n) is 13.2. The van der Waals surface area contributed by atoms with E-state index in [2.05, 4.69) is 0 Å². The molecule has 0 radical (unpaired) electrons. The van der Waals surface area contributed by atoms with Crippen molar-refractivity contribution < 1.29 is 9.53 Å². The van der Waals surface area contributed by atoms with Crippen molar-refractivity contribution in [3.63, 3.8) is 0 Å². The molecule has 116 valence electrons. The zero-order valence-corrected chi connectivity index (χ0v) is 14.0. The van der Waals surface area contributed by atoms with E-state index >= 15 is 0 Å². The van der Waals surface area contributed by atoms with Crippen LogP contribution in [0.5, 0.6) is 5.75 Å². The molecule has 3 rings (SSSR count). The molecular formula is C20H18O2S. The van der Waals surface area contributed by atoms with Crippen LogP contribution in [0.4, 0.5) is 0 Å². The van der Waals surface area contributed by atoms with Crippen molar-refractivity contribution in [2.45, 2.75) is 20.0 Å². The summed E-state index contributed by atoms with van der Waals surface area (Å²) < 4.78 is 6.75.